The Balaban J connectivity index is 1.82. The number of aryl methyl sites for hydroxylation is 2. The number of halogens is 1. The van der Waals surface area contributed by atoms with Gasteiger partial charge in [0.25, 0.3) is 0 Å². The largest absolute Gasteiger partial charge is 0.329 e. The topological polar surface area (TPSA) is 57.7 Å². The number of amides is 2. The van der Waals surface area contributed by atoms with Gasteiger partial charge in [-0.1, -0.05) is 6.07 Å². The lowest BCUT2D eigenvalue weighted by atomic mass is 10.1. The van der Waals surface area contributed by atoms with Crippen molar-refractivity contribution in [3.8, 4) is 0 Å². The van der Waals surface area contributed by atoms with E-state index in [0.29, 0.717) is 11.4 Å². The zero-order chi connectivity index (χ0) is 18.6. The molecule has 2 fully saturated rings. The number of carbonyl (C=O) groups is 1. The Morgan fingerprint density at radius 3 is 1.92 bits per heavy atom. The summed E-state index contributed by atoms with van der Waals surface area (Å²) in [7, 11) is -3.25. The van der Waals surface area contributed by atoms with Crippen LogP contribution in [0.5, 0.6) is 0 Å². The molecule has 4 rings (SSSR count). The predicted octanol–water partition coefficient (Wildman–Crippen LogP) is 3.05. The van der Waals surface area contributed by atoms with Crippen molar-refractivity contribution in [1.29, 1.82) is 0 Å². The number of carbonyl (C=O) groups excluding carboxylic acids is 1. The molecule has 26 heavy (non-hydrogen) atoms. The average molecular weight is 374 g/mol. The molecule has 0 aromatic heterocycles. The van der Waals surface area contributed by atoms with Gasteiger partial charge >= 0.3 is 6.03 Å². The van der Waals surface area contributed by atoms with E-state index >= 15 is 0 Å². The fraction of sp³-hybridized carbons (Fsp3) is 0.316. The highest BCUT2D eigenvalue weighted by atomic mass is 32.2. The van der Waals surface area contributed by atoms with E-state index in [-0.39, 0.29) is 17.5 Å². The highest BCUT2D eigenvalue weighted by Crippen LogP contribution is 2.38. The molecule has 2 aliphatic heterocycles. The number of hydrogen-bond donors (Lipinski definition) is 0. The first kappa shape index (κ1) is 17.0. The van der Waals surface area contributed by atoms with Crippen molar-refractivity contribution in [2.45, 2.75) is 25.9 Å². The summed E-state index contributed by atoms with van der Waals surface area (Å²) < 4.78 is 37.8. The Bertz CT molecular complexity index is 968. The molecule has 0 bridgehead atoms. The third-order valence-corrected chi connectivity index (χ3v) is 6.66. The second-order valence-electron chi connectivity index (χ2n) is 7.06. The molecular formula is C19H19FN2O3S. The molecule has 2 atom stereocenters. The number of fused-ring (bicyclic) bond motifs is 1. The zero-order valence-electron chi connectivity index (χ0n) is 14.5. The maximum atomic E-state index is 13.3. The summed E-state index contributed by atoms with van der Waals surface area (Å²) in [6.07, 6.45) is 0. The molecule has 2 amide bonds. The van der Waals surface area contributed by atoms with Crippen LogP contribution in [0.3, 0.4) is 0 Å². The lowest BCUT2D eigenvalue weighted by Gasteiger charge is -2.23. The zero-order valence-corrected chi connectivity index (χ0v) is 15.3. The monoisotopic (exact) mass is 374 g/mol. The first-order valence-corrected chi connectivity index (χ1v) is 10.2. The normalized spacial score (nSPS) is 24.2. The summed E-state index contributed by atoms with van der Waals surface area (Å²) in [5.41, 5.74) is 3.22. The number of hydrogen-bond acceptors (Lipinski definition) is 3. The highest BCUT2D eigenvalue weighted by molar-refractivity contribution is 7.91. The van der Waals surface area contributed by atoms with Gasteiger partial charge in [-0.3, -0.25) is 9.80 Å². The molecule has 2 aliphatic rings. The fourth-order valence-corrected chi connectivity index (χ4v) is 5.92. The van der Waals surface area contributed by atoms with Crippen LogP contribution in [0.25, 0.3) is 0 Å². The summed E-state index contributed by atoms with van der Waals surface area (Å²) in [4.78, 5) is 16.3. The van der Waals surface area contributed by atoms with Crippen molar-refractivity contribution in [2.75, 3.05) is 21.3 Å². The SMILES string of the molecule is Cc1cc(C)cc(N2C(=O)N(c3ccc(F)cc3)[C@@H]3CS(=O)(=O)C[C@H]32)c1. The van der Waals surface area contributed by atoms with E-state index in [0.717, 1.165) is 11.1 Å². The van der Waals surface area contributed by atoms with Crippen LogP contribution in [0.1, 0.15) is 11.1 Å². The van der Waals surface area contributed by atoms with Gasteiger partial charge in [0.1, 0.15) is 5.82 Å². The number of anilines is 2. The number of urea groups is 1. The van der Waals surface area contributed by atoms with Crippen molar-refractivity contribution >= 4 is 27.2 Å². The van der Waals surface area contributed by atoms with E-state index < -0.39 is 27.7 Å². The van der Waals surface area contributed by atoms with Gasteiger partial charge in [-0.15, -0.1) is 0 Å². The Morgan fingerprint density at radius 2 is 1.38 bits per heavy atom. The average Bonchev–Trinajstić information content (AvgIpc) is 2.96. The van der Waals surface area contributed by atoms with Crippen LogP contribution < -0.4 is 9.80 Å². The molecule has 0 unspecified atom stereocenters. The molecule has 5 nitrogen and oxygen atoms in total. The van der Waals surface area contributed by atoms with Crippen molar-refractivity contribution < 1.29 is 17.6 Å². The Hall–Kier alpha value is -2.41. The molecule has 2 heterocycles. The molecule has 0 spiro atoms. The van der Waals surface area contributed by atoms with E-state index in [4.69, 9.17) is 0 Å². The molecule has 0 radical (unpaired) electrons. The Morgan fingerprint density at radius 1 is 0.885 bits per heavy atom. The van der Waals surface area contributed by atoms with E-state index in [1.54, 1.807) is 4.90 Å². The summed E-state index contributed by atoms with van der Waals surface area (Å²) in [5.74, 6) is -0.543. The number of nitrogens with zero attached hydrogens (tertiary/aromatic N) is 2. The summed E-state index contributed by atoms with van der Waals surface area (Å²) in [6, 6.07) is 10.2. The van der Waals surface area contributed by atoms with Crippen molar-refractivity contribution in [3.05, 3.63) is 59.4 Å². The van der Waals surface area contributed by atoms with Crippen molar-refractivity contribution in [2.24, 2.45) is 0 Å². The number of benzene rings is 2. The second kappa shape index (κ2) is 5.81. The standard InChI is InChI=1S/C19H19FN2O3S/c1-12-7-13(2)9-16(8-12)22-18-11-26(24,25)10-17(18)21(19(22)23)15-5-3-14(20)4-6-15/h3-9,17-18H,10-11H2,1-2H3/t17-,18-/m1/s1. The highest BCUT2D eigenvalue weighted by Gasteiger charge is 2.54. The minimum atomic E-state index is -3.25. The van der Waals surface area contributed by atoms with Crippen LogP contribution in [0, 0.1) is 19.7 Å². The van der Waals surface area contributed by atoms with Gasteiger partial charge in [0, 0.05) is 11.4 Å². The molecule has 0 N–H and O–H groups in total. The van der Waals surface area contributed by atoms with Gasteiger partial charge in [0.2, 0.25) is 0 Å². The maximum absolute atomic E-state index is 13.3. The minimum Gasteiger partial charge on any atom is -0.288 e. The van der Waals surface area contributed by atoms with Gasteiger partial charge in [-0.05, 0) is 61.4 Å². The van der Waals surface area contributed by atoms with Gasteiger partial charge in [-0.2, -0.15) is 0 Å². The Kier molecular flexibility index (Phi) is 3.80. The molecular weight excluding hydrogens is 355 g/mol. The second-order valence-corrected chi connectivity index (χ2v) is 9.21. The first-order chi connectivity index (χ1) is 12.2. The molecule has 2 aromatic carbocycles. The molecule has 0 aliphatic carbocycles. The summed E-state index contributed by atoms with van der Waals surface area (Å²) in [6.45, 7) is 3.88. The fourth-order valence-electron chi connectivity index (χ4n) is 4.00. The molecule has 0 saturated carbocycles. The molecule has 2 aromatic rings. The van der Waals surface area contributed by atoms with Crippen molar-refractivity contribution in [3.63, 3.8) is 0 Å². The third kappa shape index (κ3) is 2.76. The van der Waals surface area contributed by atoms with Crippen LogP contribution in [0.4, 0.5) is 20.6 Å². The summed E-state index contributed by atoms with van der Waals surface area (Å²) >= 11 is 0. The van der Waals surface area contributed by atoms with E-state index in [1.165, 1.54) is 29.2 Å². The first-order valence-electron chi connectivity index (χ1n) is 8.42. The lowest BCUT2D eigenvalue weighted by Crippen LogP contribution is -2.38. The molecule has 136 valence electrons. The van der Waals surface area contributed by atoms with Gasteiger partial charge in [0.05, 0.1) is 23.6 Å². The van der Waals surface area contributed by atoms with Crippen LogP contribution in [-0.4, -0.2) is 38.0 Å². The lowest BCUT2D eigenvalue weighted by molar-refractivity contribution is 0.255. The maximum Gasteiger partial charge on any atom is 0.329 e. The van der Waals surface area contributed by atoms with Gasteiger partial charge in [-0.25, -0.2) is 17.6 Å². The Labute approximate surface area is 152 Å². The minimum absolute atomic E-state index is 0.0614. The van der Waals surface area contributed by atoms with Crippen molar-refractivity contribution in [1.82, 2.24) is 0 Å². The van der Waals surface area contributed by atoms with Crippen LogP contribution >= 0.6 is 0 Å². The number of sulfone groups is 1. The third-order valence-electron chi connectivity index (χ3n) is 4.96. The predicted molar refractivity (Wildman–Crippen MR) is 98.9 cm³/mol. The number of rotatable bonds is 2. The van der Waals surface area contributed by atoms with E-state index in [1.807, 2.05) is 32.0 Å². The van der Waals surface area contributed by atoms with Crippen LogP contribution in [-0.2, 0) is 9.84 Å². The van der Waals surface area contributed by atoms with Crippen LogP contribution in [0.2, 0.25) is 0 Å². The van der Waals surface area contributed by atoms with E-state index in [9.17, 15) is 17.6 Å². The van der Waals surface area contributed by atoms with Crippen LogP contribution in [0.15, 0.2) is 42.5 Å². The smallest absolute Gasteiger partial charge is 0.288 e. The molecule has 7 heteroatoms. The van der Waals surface area contributed by atoms with E-state index in [2.05, 4.69) is 0 Å². The van der Waals surface area contributed by atoms with Gasteiger partial charge < -0.3 is 0 Å². The summed E-state index contributed by atoms with van der Waals surface area (Å²) in [5, 5.41) is 0. The quantitative estimate of drug-likeness (QED) is 0.759. The van der Waals surface area contributed by atoms with Gasteiger partial charge in [0.15, 0.2) is 9.84 Å². The molecule has 2 saturated heterocycles.